The zero-order chi connectivity index (χ0) is 8.10. The van der Waals surface area contributed by atoms with Gasteiger partial charge in [-0.2, -0.15) is 5.48 Å². The molecule has 0 bridgehead atoms. The molecule has 1 atom stereocenters. The summed E-state index contributed by atoms with van der Waals surface area (Å²) in [6.45, 7) is 2.94. The lowest BCUT2D eigenvalue weighted by molar-refractivity contribution is 0.0390. The summed E-state index contributed by atoms with van der Waals surface area (Å²) < 4.78 is 5.17. The van der Waals surface area contributed by atoms with E-state index in [4.69, 9.17) is 14.4 Å². The minimum absolute atomic E-state index is 0.0692. The van der Waals surface area contributed by atoms with Crippen molar-refractivity contribution in [2.45, 2.75) is 13.0 Å². The third-order valence-electron chi connectivity index (χ3n) is 1.24. The maximum Gasteiger partial charge on any atom is 0.245 e. The van der Waals surface area contributed by atoms with E-state index in [0.29, 0.717) is 19.1 Å². The van der Waals surface area contributed by atoms with E-state index in [1.54, 1.807) is 7.11 Å². The van der Waals surface area contributed by atoms with Crippen LogP contribution in [0.5, 0.6) is 0 Å². The van der Waals surface area contributed by atoms with Gasteiger partial charge in [-0.3, -0.25) is 0 Å². The number of nitrogens with zero attached hydrogens (tertiary/aromatic N) is 1. The molecule has 0 saturated heterocycles. The summed E-state index contributed by atoms with van der Waals surface area (Å²) in [4.78, 5) is 9.51. The summed E-state index contributed by atoms with van der Waals surface area (Å²) in [5.74, 6) is 0.526. The lowest BCUT2D eigenvalue weighted by atomic mass is 10.3. The average Bonchev–Trinajstić information content (AvgIpc) is 2.07. The largest absolute Gasteiger partial charge is 0.474 e. The first-order valence-electron chi connectivity index (χ1n) is 3.45. The molecule has 11 heavy (non-hydrogen) atoms. The molecule has 0 spiro atoms. The predicted molar refractivity (Wildman–Crippen MR) is 38.9 cm³/mol. The summed E-state index contributed by atoms with van der Waals surface area (Å²) in [5.41, 5.74) is 2.68. The SMILES string of the molecule is CONC(C)C1=NOCCO1. The van der Waals surface area contributed by atoms with Crippen LogP contribution in [-0.4, -0.2) is 32.3 Å². The van der Waals surface area contributed by atoms with Crippen molar-refractivity contribution >= 4 is 5.90 Å². The highest BCUT2D eigenvalue weighted by molar-refractivity contribution is 5.80. The second-order valence-corrected chi connectivity index (χ2v) is 2.15. The highest BCUT2D eigenvalue weighted by Gasteiger charge is 2.15. The van der Waals surface area contributed by atoms with Gasteiger partial charge in [-0.25, -0.2) is 0 Å². The Kier molecular flexibility index (Phi) is 3.13. The van der Waals surface area contributed by atoms with E-state index in [-0.39, 0.29) is 6.04 Å². The summed E-state index contributed by atoms with van der Waals surface area (Å²) in [6.07, 6.45) is 0. The first-order valence-corrected chi connectivity index (χ1v) is 3.45. The Morgan fingerprint density at radius 1 is 1.64 bits per heavy atom. The van der Waals surface area contributed by atoms with E-state index < -0.39 is 0 Å². The molecule has 0 radical (unpaired) electrons. The van der Waals surface area contributed by atoms with Crippen molar-refractivity contribution in [3.63, 3.8) is 0 Å². The molecule has 0 saturated carbocycles. The van der Waals surface area contributed by atoms with Crippen molar-refractivity contribution < 1.29 is 14.4 Å². The van der Waals surface area contributed by atoms with E-state index >= 15 is 0 Å². The molecule has 1 N–H and O–H groups in total. The van der Waals surface area contributed by atoms with Gasteiger partial charge in [0.05, 0.1) is 7.11 Å². The molecule has 0 aromatic rings. The second-order valence-electron chi connectivity index (χ2n) is 2.15. The van der Waals surface area contributed by atoms with Crippen LogP contribution in [0.4, 0.5) is 0 Å². The number of hydrogen-bond donors (Lipinski definition) is 1. The third kappa shape index (κ3) is 2.36. The number of nitrogens with one attached hydrogen (secondary N) is 1. The molecule has 1 aliphatic heterocycles. The van der Waals surface area contributed by atoms with Gasteiger partial charge in [0, 0.05) is 0 Å². The van der Waals surface area contributed by atoms with Gasteiger partial charge in [0.1, 0.15) is 12.6 Å². The predicted octanol–water partition coefficient (Wildman–Crippen LogP) is -0.114. The Morgan fingerprint density at radius 2 is 2.45 bits per heavy atom. The zero-order valence-corrected chi connectivity index (χ0v) is 6.66. The highest BCUT2D eigenvalue weighted by atomic mass is 16.7. The summed E-state index contributed by atoms with van der Waals surface area (Å²) in [5, 5.41) is 3.70. The first kappa shape index (κ1) is 8.29. The Hall–Kier alpha value is -0.810. The van der Waals surface area contributed by atoms with Gasteiger partial charge in [0.25, 0.3) is 0 Å². The molecular weight excluding hydrogens is 148 g/mol. The number of ether oxygens (including phenoxy) is 1. The van der Waals surface area contributed by atoms with Crippen LogP contribution in [0.25, 0.3) is 0 Å². The fourth-order valence-electron chi connectivity index (χ4n) is 0.750. The maximum absolute atomic E-state index is 5.17. The Morgan fingerprint density at radius 3 is 3.00 bits per heavy atom. The lowest BCUT2D eigenvalue weighted by Crippen LogP contribution is -2.37. The molecule has 1 heterocycles. The van der Waals surface area contributed by atoms with Gasteiger partial charge in [0.2, 0.25) is 5.90 Å². The van der Waals surface area contributed by atoms with Crippen LogP contribution < -0.4 is 5.48 Å². The molecule has 5 nitrogen and oxygen atoms in total. The van der Waals surface area contributed by atoms with E-state index in [0.717, 1.165) is 0 Å². The minimum Gasteiger partial charge on any atom is -0.474 e. The standard InChI is InChI=1S/C6H12N2O3/c1-5(7-9-2)6-8-11-4-3-10-6/h5,7H,3-4H2,1-2H3. The summed E-state index contributed by atoms with van der Waals surface area (Å²) >= 11 is 0. The Balaban J connectivity index is 2.37. The molecular formula is C6H12N2O3. The molecule has 0 aliphatic carbocycles. The molecule has 0 aromatic carbocycles. The van der Waals surface area contributed by atoms with Crippen molar-refractivity contribution in [1.82, 2.24) is 5.48 Å². The van der Waals surface area contributed by atoms with E-state index in [1.807, 2.05) is 6.92 Å². The van der Waals surface area contributed by atoms with Crippen LogP contribution in [0, 0.1) is 0 Å². The molecule has 1 aliphatic rings. The van der Waals surface area contributed by atoms with Gasteiger partial charge in [-0.1, -0.05) is 5.16 Å². The minimum atomic E-state index is -0.0692. The average molecular weight is 160 g/mol. The number of hydrogen-bond acceptors (Lipinski definition) is 5. The molecule has 0 fully saturated rings. The van der Waals surface area contributed by atoms with Crippen LogP contribution >= 0.6 is 0 Å². The molecule has 0 aromatic heterocycles. The summed E-state index contributed by atoms with van der Waals surface area (Å²) in [7, 11) is 1.54. The monoisotopic (exact) mass is 160 g/mol. The second kappa shape index (κ2) is 4.15. The maximum atomic E-state index is 5.17. The van der Waals surface area contributed by atoms with Crippen LogP contribution in [0.1, 0.15) is 6.92 Å². The number of hydroxylamine groups is 1. The van der Waals surface area contributed by atoms with Crippen LogP contribution in [0.15, 0.2) is 5.16 Å². The van der Waals surface area contributed by atoms with Crippen molar-refractivity contribution in [3.05, 3.63) is 0 Å². The quantitative estimate of drug-likeness (QED) is 0.585. The van der Waals surface area contributed by atoms with Crippen LogP contribution in [0.2, 0.25) is 0 Å². The molecule has 1 unspecified atom stereocenters. The van der Waals surface area contributed by atoms with Gasteiger partial charge in [0.15, 0.2) is 6.61 Å². The normalized spacial score (nSPS) is 19.6. The fourth-order valence-corrected chi connectivity index (χ4v) is 0.750. The number of rotatable bonds is 3. The topological polar surface area (TPSA) is 52.1 Å². The molecule has 64 valence electrons. The van der Waals surface area contributed by atoms with Crippen LogP contribution in [-0.2, 0) is 14.4 Å². The molecule has 0 amide bonds. The summed E-state index contributed by atoms with van der Waals surface area (Å²) in [6, 6.07) is -0.0692. The van der Waals surface area contributed by atoms with E-state index in [2.05, 4.69) is 10.6 Å². The third-order valence-corrected chi connectivity index (χ3v) is 1.24. The smallest absolute Gasteiger partial charge is 0.245 e. The van der Waals surface area contributed by atoms with Gasteiger partial charge in [-0.15, -0.1) is 0 Å². The van der Waals surface area contributed by atoms with Crippen molar-refractivity contribution in [1.29, 1.82) is 0 Å². The lowest BCUT2D eigenvalue weighted by Gasteiger charge is -2.18. The van der Waals surface area contributed by atoms with Crippen molar-refractivity contribution in [2.75, 3.05) is 20.3 Å². The zero-order valence-electron chi connectivity index (χ0n) is 6.66. The molecule has 1 rings (SSSR count). The van der Waals surface area contributed by atoms with Crippen molar-refractivity contribution in [3.8, 4) is 0 Å². The first-order chi connectivity index (χ1) is 5.34. The van der Waals surface area contributed by atoms with Crippen LogP contribution in [0.3, 0.4) is 0 Å². The van der Waals surface area contributed by atoms with Gasteiger partial charge >= 0.3 is 0 Å². The van der Waals surface area contributed by atoms with Gasteiger partial charge < -0.3 is 14.4 Å². The highest BCUT2D eigenvalue weighted by Crippen LogP contribution is 1.98. The van der Waals surface area contributed by atoms with E-state index in [9.17, 15) is 0 Å². The number of oxime groups is 1. The molecule has 5 heteroatoms. The Labute approximate surface area is 65.3 Å². The van der Waals surface area contributed by atoms with Gasteiger partial charge in [-0.05, 0) is 6.92 Å². The van der Waals surface area contributed by atoms with Crippen molar-refractivity contribution in [2.24, 2.45) is 5.16 Å². The van der Waals surface area contributed by atoms with E-state index in [1.165, 1.54) is 0 Å². The Bertz CT molecular complexity index is 149. The fraction of sp³-hybridized carbons (Fsp3) is 0.833.